The minimum atomic E-state index is -0.307. The molecule has 0 radical (unpaired) electrons. The maximum absolute atomic E-state index is 13.1. The quantitative estimate of drug-likeness (QED) is 0.804. The predicted octanol–water partition coefficient (Wildman–Crippen LogP) is 2.87. The van der Waals surface area contributed by atoms with Crippen LogP contribution in [0.25, 0.3) is 16.9 Å². The van der Waals surface area contributed by atoms with E-state index in [2.05, 4.69) is 10.3 Å². The maximum Gasteiger partial charge on any atom is 0.123 e. The summed E-state index contributed by atoms with van der Waals surface area (Å²) in [5, 5.41) is 17.5. The highest BCUT2D eigenvalue weighted by Crippen LogP contribution is 2.25. The molecule has 0 bridgehead atoms. The Hall–Kier alpha value is -2.53. The molecule has 0 unspecified atom stereocenters. The third kappa shape index (κ3) is 2.55. The normalized spacial score (nSPS) is 10.8. The zero-order valence-electron chi connectivity index (χ0n) is 11.5. The molecule has 0 spiro atoms. The van der Waals surface area contributed by atoms with Crippen molar-refractivity contribution in [1.82, 2.24) is 15.0 Å². The second-order valence-corrected chi connectivity index (χ2v) is 4.80. The molecule has 0 amide bonds. The lowest BCUT2D eigenvalue weighted by molar-refractivity contribution is 0.277. The lowest BCUT2D eigenvalue weighted by atomic mass is 10.1. The molecule has 21 heavy (non-hydrogen) atoms. The van der Waals surface area contributed by atoms with Crippen molar-refractivity contribution in [1.29, 1.82) is 0 Å². The van der Waals surface area contributed by atoms with Crippen molar-refractivity contribution in [3.63, 3.8) is 0 Å². The van der Waals surface area contributed by atoms with Crippen molar-refractivity contribution in [3.8, 4) is 16.9 Å². The van der Waals surface area contributed by atoms with Crippen LogP contribution in [0.5, 0.6) is 0 Å². The van der Waals surface area contributed by atoms with Crippen molar-refractivity contribution < 1.29 is 9.50 Å². The fourth-order valence-electron chi connectivity index (χ4n) is 2.18. The lowest BCUT2D eigenvalue weighted by Crippen LogP contribution is -2.00. The van der Waals surface area contributed by atoms with Gasteiger partial charge in [0.15, 0.2) is 0 Å². The van der Waals surface area contributed by atoms with E-state index < -0.39 is 0 Å². The molecule has 4 nitrogen and oxygen atoms in total. The van der Waals surface area contributed by atoms with Crippen LogP contribution in [0.2, 0.25) is 0 Å². The Morgan fingerprint density at radius 1 is 1.05 bits per heavy atom. The number of hydrogen-bond acceptors (Lipinski definition) is 3. The average Bonchev–Trinajstić information content (AvgIpc) is 2.93. The van der Waals surface area contributed by atoms with Crippen LogP contribution in [0.1, 0.15) is 11.3 Å². The summed E-state index contributed by atoms with van der Waals surface area (Å²) in [7, 11) is 0. The van der Waals surface area contributed by atoms with Crippen LogP contribution in [0.4, 0.5) is 4.39 Å². The molecule has 3 aromatic rings. The summed E-state index contributed by atoms with van der Waals surface area (Å²) in [6, 6.07) is 13.9. The first-order valence-electron chi connectivity index (χ1n) is 6.57. The van der Waals surface area contributed by atoms with Crippen LogP contribution in [0, 0.1) is 12.7 Å². The van der Waals surface area contributed by atoms with Gasteiger partial charge in [0.2, 0.25) is 0 Å². The summed E-state index contributed by atoms with van der Waals surface area (Å²) in [4.78, 5) is 0. The number of aliphatic hydroxyl groups excluding tert-OH is 1. The molecule has 0 fully saturated rings. The Morgan fingerprint density at radius 2 is 1.71 bits per heavy atom. The van der Waals surface area contributed by atoms with Crippen LogP contribution in [-0.2, 0) is 6.61 Å². The van der Waals surface area contributed by atoms with E-state index in [4.69, 9.17) is 0 Å². The van der Waals surface area contributed by atoms with E-state index in [-0.39, 0.29) is 12.4 Å². The van der Waals surface area contributed by atoms with E-state index in [0.29, 0.717) is 11.4 Å². The molecule has 0 aliphatic rings. The van der Waals surface area contributed by atoms with Crippen molar-refractivity contribution in [3.05, 3.63) is 65.6 Å². The molecule has 1 aromatic heterocycles. The van der Waals surface area contributed by atoms with Crippen LogP contribution in [0.15, 0.2) is 48.5 Å². The van der Waals surface area contributed by atoms with Crippen LogP contribution in [0.3, 0.4) is 0 Å². The van der Waals surface area contributed by atoms with Gasteiger partial charge >= 0.3 is 0 Å². The van der Waals surface area contributed by atoms with Gasteiger partial charge in [0.25, 0.3) is 0 Å². The fourth-order valence-corrected chi connectivity index (χ4v) is 2.18. The first-order chi connectivity index (χ1) is 10.2. The SMILES string of the molecule is Cc1ccc(-n2nnc(CO)c2-c2ccc(F)cc2)cc1. The van der Waals surface area contributed by atoms with Crippen molar-refractivity contribution in [2.75, 3.05) is 0 Å². The number of aryl methyl sites for hydroxylation is 1. The number of hydrogen-bond donors (Lipinski definition) is 1. The number of halogens is 1. The number of nitrogens with zero attached hydrogens (tertiary/aromatic N) is 3. The van der Waals surface area contributed by atoms with E-state index in [1.165, 1.54) is 12.1 Å². The van der Waals surface area contributed by atoms with Crippen molar-refractivity contribution >= 4 is 0 Å². The number of aromatic nitrogens is 3. The van der Waals surface area contributed by atoms with Crippen molar-refractivity contribution in [2.24, 2.45) is 0 Å². The molecule has 0 saturated heterocycles. The van der Waals surface area contributed by atoms with Gasteiger partial charge in [-0.1, -0.05) is 22.9 Å². The second-order valence-electron chi connectivity index (χ2n) is 4.80. The highest BCUT2D eigenvalue weighted by molar-refractivity contribution is 5.64. The standard InChI is InChI=1S/C16H14FN3O/c1-11-2-8-14(9-3-11)20-16(15(10-21)18-19-20)12-4-6-13(17)7-5-12/h2-9,21H,10H2,1H3. The third-order valence-corrected chi connectivity index (χ3v) is 3.29. The average molecular weight is 283 g/mol. The number of aliphatic hydroxyl groups is 1. The lowest BCUT2D eigenvalue weighted by Gasteiger charge is -2.08. The Balaban J connectivity index is 2.16. The Kier molecular flexibility index (Phi) is 3.50. The number of benzene rings is 2. The molecule has 3 rings (SSSR count). The fraction of sp³-hybridized carbons (Fsp3) is 0.125. The van der Waals surface area contributed by atoms with Gasteiger partial charge in [0.05, 0.1) is 12.3 Å². The zero-order chi connectivity index (χ0) is 14.8. The van der Waals surface area contributed by atoms with Crippen LogP contribution < -0.4 is 0 Å². The minimum absolute atomic E-state index is 0.224. The summed E-state index contributed by atoms with van der Waals surface area (Å²) >= 11 is 0. The molecular weight excluding hydrogens is 269 g/mol. The number of rotatable bonds is 3. The Bertz CT molecular complexity index is 748. The van der Waals surface area contributed by atoms with E-state index in [1.54, 1.807) is 16.8 Å². The summed E-state index contributed by atoms with van der Waals surface area (Å²) in [6.45, 7) is 1.78. The molecule has 5 heteroatoms. The van der Waals surface area contributed by atoms with Gasteiger partial charge in [-0.15, -0.1) is 5.10 Å². The third-order valence-electron chi connectivity index (χ3n) is 3.29. The molecule has 1 N–H and O–H groups in total. The van der Waals surface area contributed by atoms with E-state index >= 15 is 0 Å². The molecular formula is C16H14FN3O. The van der Waals surface area contributed by atoms with Crippen molar-refractivity contribution in [2.45, 2.75) is 13.5 Å². The minimum Gasteiger partial charge on any atom is -0.390 e. The highest BCUT2D eigenvalue weighted by Gasteiger charge is 2.15. The van der Waals surface area contributed by atoms with Gasteiger partial charge in [0.1, 0.15) is 17.2 Å². The van der Waals surface area contributed by atoms with Gasteiger partial charge in [-0.3, -0.25) is 0 Å². The molecule has 0 aliphatic heterocycles. The summed E-state index contributed by atoms with van der Waals surface area (Å²) in [6.07, 6.45) is 0. The van der Waals surface area contributed by atoms with Gasteiger partial charge < -0.3 is 5.11 Å². The zero-order valence-corrected chi connectivity index (χ0v) is 11.5. The summed E-state index contributed by atoms with van der Waals surface area (Å²) in [5.74, 6) is -0.307. The second kappa shape index (κ2) is 5.46. The van der Waals surface area contributed by atoms with Gasteiger partial charge in [0, 0.05) is 5.56 Å². The summed E-state index contributed by atoms with van der Waals surface area (Å²) < 4.78 is 14.7. The Labute approximate surface area is 121 Å². The smallest absolute Gasteiger partial charge is 0.123 e. The van der Waals surface area contributed by atoms with E-state index in [9.17, 15) is 9.50 Å². The predicted molar refractivity (Wildman–Crippen MR) is 77.4 cm³/mol. The van der Waals surface area contributed by atoms with Crippen LogP contribution in [-0.4, -0.2) is 20.1 Å². The van der Waals surface area contributed by atoms with E-state index in [1.807, 2.05) is 31.2 Å². The van der Waals surface area contributed by atoms with Crippen LogP contribution >= 0.6 is 0 Å². The Morgan fingerprint density at radius 3 is 2.33 bits per heavy atom. The maximum atomic E-state index is 13.1. The van der Waals surface area contributed by atoms with Gasteiger partial charge in [-0.05, 0) is 43.3 Å². The first-order valence-corrected chi connectivity index (χ1v) is 6.57. The summed E-state index contributed by atoms with van der Waals surface area (Å²) in [5.41, 5.74) is 3.87. The molecule has 0 atom stereocenters. The first kappa shape index (κ1) is 13.5. The molecule has 1 heterocycles. The van der Waals surface area contributed by atoms with Gasteiger partial charge in [-0.25, -0.2) is 9.07 Å². The monoisotopic (exact) mass is 283 g/mol. The largest absolute Gasteiger partial charge is 0.390 e. The molecule has 106 valence electrons. The van der Waals surface area contributed by atoms with Gasteiger partial charge in [-0.2, -0.15) is 0 Å². The molecule has 0 aliphatic carbocycles. The van der Waals surface area contributed by atoms with E-state index in [0.717, 1.165) is 16.8 Å². The molecule has 0 saturated carbocycles. The molecule has 2 aromatic carbocycles. The highest BCUT2D eigenvalue weighted by atomic mass is 19.1. The topological polar surface area (TPSA) is 50.9 Å².